The molecule has 7 nitrogen and oxygen atoms in total. The lowest BCUT2D eigenvalue weighted by molar-refractivity contribution is 0.00103. The number of hydrogen-bond donors (Lipinski definition) is 1. The Hall–Kier alpha value is -2.15. The Balaban J connectivity index is 1.20. The van der Waals surface area contributed by atoms with E-state index in [-0.39, 0.29) is 0 Å². The number of ether oxygens (including phenoxy) is 1. The number of piperidine rings is 1. The van der Waals surface area contributed by atoms with Gasteiger partial charge in [-0.1, -0.05) is 18.9 Å². The van der Waals surface area contributed by atoms with Crippen LogP contribution in [0.15, 0.2) is 29.4 Å². The van der Waals surface area contributed by atoms with E-state index in [0.29, 0.717) is 6.10 Å². The van der Waals surface area contributed by atoms with Gasteiger partial charge in [-0.15, -0.1) is 10.2 Å². The number of pyridine rings is 1. The van der Waals surface area contributed by atoms with Gasteiger partial charge in [-0.25, -0.2) is 0 Å². The maximum atomic E-state index is 6.19. The van der Waals surface area contributed by atoms with E-state index in [1.54, 1.807) is 0 Å². The average molecular weight is 385 g/mol. The zero-order valence-electron chi connectivity index (χ0n) is 16.9. The third kappa shape index (κ3) is 4.63. The number of aliphatic imine (C=N–C) groups is 1. The van der Waals surface area contributed by atoms with Crippen molar-refractivity contribution in [3.63, 3.8) is 0 Å². The number of nitrogens with zero attached hydrogens (tertiary/aromatic N) is 5. The van der Waals surface area contributed by atoms with Gasteiger partial charge in [-0.05, 0) is 43.7 Å². The van der Waals surface area contributed by atoms with E-state index >= 15 is 0 Å². The summed E-state index contributed by atoms with van der Waals surface area (Å²) in [5.74, 6) is 2.75. The fourth-order valence-corrected chi connectivity index (χ4v) is 4.36. The molecule has 4 rings (SSSR count). The molecule has 0 radical (unpaired) electrons. The Labute approximate surface area is 167 Å². The molecule has 0 bridgehead atoms. The number of fused-ring (bicyclic) bond motifs is 1. The molecule has 0 aromatic carbocycles. The van der Waals surface area contributed by atoms with Gasteiger partial charge in [0.1, 0.15) is 5.82 Å². The molecule has 2 aliphatic rings. The maximum absolute atomic E-state index is 6.19. The first-order chi connectivity index (χ1) is 13.8. The van der Waals surface area contributed by atoms with Crippen molar-refractivity contribution in [1.82, 2.24) is 24.8 Å². The zero-order chi connectivity index (χ0) is 19.2. The second-order valence-corrected chi connectivity index (χ2v) is 7.94. The number of aromatic nitrogens is 3. The molecule has 152 valence electrons. The smallest absolute Gasteiger partial charge is 0.193 e. The zero-order valence-corrected chi connectivity index (χ0v) is 16.9. The summed E-state index contributed by atoms with van der Waals surface area (Å²) in [6, 6.07) is 5.96. The minimum atomic E-state index is 0.414. The van der Waals surface area contributed by atoms with Crippen LogP contribution in [0, 0.1) is 5.92 Å². The van der Waals surface area contributed by atoms with E-state index in [0.717, 1.165) is 68.9 Å². The normalized spacial score (nSPS) is 19.6. The van der Waals surface area contributed by atoms with Crippen LogP contribution in [-0.4, -0.2) is 64.9 Å². The molecule has 3 heterocycles. The Morgan fingerprint density at radius 3 is 2.79 bits per heavy atom. The van der Waals surface area contributed by atoms with Crippen LogP contribution in [0.25, 0.3) is 5.65 Å². The summed E-state index contributed by atoms with van der Waals surface area (Å²) in [6.07, 6.45) is 10.9. The molecule has 0 unspecified atom stereocenters. The summed E-state index contributed by atoms with van der Waals surface area (Å²) >= 11 is 0. The molecule has 0 atom stereocenters. The van der Waals surface area contributed by atoms with E-state index in [4.69, 9.17) is 4.74 Å². The van der Waals surface area contributed by atoms with Crippen molar-refractivity contribution in [2.75, 3.05) is 33.3 Å². The molecule has 28 heavy (non-hydrogen) atoms. The molecule has 0 spiro atoms. The first-order valence-electron chi connectivity index (χ1n) is 10.7. The van der Waals surface area contributed by atoms with Gasteiger partial charge in [0.2, 0.25) is 0 Å². The van der Waals surface area contributed by atoms with E-state index in [9.17, 15) is 0 Å². The number of nitrogens with one attached hydrogen (secondary N) is 1. The standard InChI is InChI=1S/C21H32N6O/c1-22-21(23-12-9-20-25-24-19-8-4-5-13-27(19)20)26-14-10-18(11-15-26)28-16-17-6-2-3-7-17/h4-5,8,13,17-18H,2-3,6-7,9-12,14-16H2,1H3,(H,22,23). The van der Waals surface area contributed by atoms with E-state index in [1.807, 2.05) is 35.8 Å². The van der Waals surface area contributed by atoms with Crippen molar-refractivity contribution in [3.8, 4) is 0 Å². The van der Waals surface area contributed by atoms with Crippen molar-refractivity contribution in [2.45, 2.75) is 51.0 Å². The van der Waals surface area contributed by atoms with Crippen LogP contribution in [0.2, 0.25) is 0 Å². The second kappa shape index (κ2) is 9.37. The largest absolute Gasteiger partial charge is 0.378 e. The second-order valence-electron chi connectivity index (χ2n) is 7.94. The van der Waals surface area contributed by atoms with Crippen molar-refractivity contribution in [3.05, 3.63) is 30.2 Å². The van der Waals surface area contributed by atoms with E-state index in [1.165, 1.54) is 25.7 Å². The van der Waals surface area contributed by atoms with Crippen LogP contribution in [-0.2, 0) is 11.2 Å². The molecule has 2 aromatic rings. The summed E-state index contributed by atoms with van der Waals surface area (Å²) in [5.41, 5.74) is 0.890. The van der Waals surface area contributed by atoms with Crippen molar-refractivity contribution < 1.29 is 4.74 Å². The monoisotopic (exact) mass is 384 g/mol. The molecular weight excluding hydrogens is 352 g/mol. The Bertz CT molecular complexity index is 774. The van der Waals surface area contributed by atoms with Gasteiger partial charge in [0.25, 0.3) is 0 Å². The minimum Gasteiger partial charge on any atom is -0.378 e. The Morgan fingerprint density at radius 1 is 1.18 bits per heavy atom. The minimum absolute atomic E-state index is 0.414. The fraction of sp³-hybridized carbons (Fsp3) is 0.667. The van der Waals surface area contributed by atoms with Gasteiger partial charge in [0, 0.05) is 45.9 Å². The SMILES string of the molecule is CN=C(NCCc1nnc2ccccn12)N1CCC(OCC2CCCC2)CC1. The number of hydrogen-bond acceptors (Lipinski definition) is 4. The highest BCUT2D eigenvalue weighted by Crippen LogP contribution is 2.26. The molecule has 1 N–H and O–H groups in total. The van der Waals surface area contributed by atoms with Crippen LogP contribution < -0.4 is 5.32 Å². The number of likely N-dealkylation sites (tertiary alicyclic amines) is 1. The highest BCUT2D eigenvalue weighted by atomic mass is 16.5. The van der Waals surface area contributed by atoms with Gasteiger partial charge in [-0.2, -0.15) is 0 Å². The lowest BCUT2D eigenvalue weighted by Crippen LogP contribution is -2.47. The Morgan fingerprint density at radius 2 is 2.00 bits per heavy atom. The summed E-state index contributed by atoms with van der Waals surface area (Å²) < 4.78 is 8.23. The molecule has 1 aliphatic heterocycles. The molecule has 2 fully saturated rings. The molecular formula is C21H32N6O. The van der Waals surface area contributed by atoms with Crippen molar-refractivity contribution in [2.24, 2.45) is 10.9 Å². The molecule has 0 amide bonds. The van der Waals surface area contributed by atoms with Crippen LogP contribution in [0.5, 0.6) is 0 Å². The fourth-order valence-electron chi connectivity index (χ4n) is 4.36. The van der Waals surface area contributed by atoms with Crippen molar-refractivity contribution >= 4 is 11.6 Å². The third-order valence-electron chi connectivity index (χ3n) is 6.01. The quantitative estimate of drug-likeness (QED) is 0.612. The van der Waals surface area contributed by atoms with Gasteiger partial charge in [0.15, 0.2) is 11.6 Å². The maximum Gasteiger partial charge on any atom is 0.193 e. The van der Waals surface area contributed by atoms with E-state index in [2.05, 4.69) is 25.4 Å². The molecule has 1 saturated carbocycles. The molecule has 1 aliphatic carbocycles. The van der Waals surface area contributed by atoms with Crippen molar-refractivity contribution in [1.29, 1.82) is 0 Å². The number of rotatable bonds is 6. The highest BCUT2D eigenvalue weighted by Gasteiger charge is 2.23. The third-order valence-corrected chi connectivity index (χ3v) is 6.01. The lowest BCUT2D eigenvalue weighted by Gasteiger charge is -2.34. The Kier molecular flexibility index (Phi) is 6.41. The van der Waals surface area contributed by atoms with E-state index < -0.39 is 0 Å². The summed E-state index contributed by atoms with van der Waals surface area (Å²) in [5, 5.41) is 12.0. The first kappa shape index (κ1) is 19.2. The molecule has 1 saturated heterocycles. The van der Waals surface area contributed by atoms with Gasteiger partial charge in [-0.3, -0.25) is 9.39 Å². The summed E-state index contributed by atoms with van der Waals surface area (Å²) in [4.78, 5) is 6.82. The predicted molar refractivity (Wildman–Crippen MR) is 111 cm³/mol. The first-order valence-corrected chi connectivity index (χ1v) is 10.7. The van der Waals surface area contributed by atoms with Gasteiger partial charge >= 0.3 is 0 Å². The van der Waals surface area contributed by atoms with Crippen LogP contribution in [0.3, 0.4) is 0 Å². The summed E-state index contributed by atoms with van der Waals surface area (Å²) in [7, 11) is 1.86. The van der Waals surface area contributed by atoms with Crippen LogP contribution in [0.4, 0.5) is 0 Å². The predicted octanol–water partition coefficient (Wildman–Crippen LogP) is 2.52. The average Bonchev–Trinajstić information content (AvgIpc) is 3.40. The van der Waals surface area contributed by atoms with Gasteiger partial charge in [0.05, 0.1) is 6.10 Å². The highest BCUT2D eigenvalue weighted by molar-refractivity contribution is 5.79. The van der Waals surface area contributed by atoms with Crippen LogP contribution >= 0.6 is 0 Å². The molecule has 7 heteroatoms. The summed E-state index contributed by atoms with van der Waals surface area (Å²) in [6.45, 7) is 3.76. The lowest BCUT2D eigenvalue weighted by atomic mass is 10.1. The number of guanidine groups is 1. The molecule has 2 aromatic heterocycles. The van der Waals surface area contributed by atoms with Crippen LogP contribution in [0.1, 0.15) is 44.3 Å². The topological polar surface area (TPSA) is 67.0 Å². The van der Waals surface area contributed by atoms with Gasteiger partial charge < -0.3 is 15.0 Å².